The van der Waals surface area contributed by atoms with Gasteiger partial charge in [0.25, 0.3) is 0 Å². The molecule has 0 atom stereocenters. The molecular weight excluding hydrogens is 239 g/mol. The average Bonchev–Trinajstić information content (AvgIpc) is 2.83. The highest BCUT2D eigenvalue weighted by Gasteiger charge is 2.10. The van der Waals surface area contributed by atoms with E-state index in [1.165, 1.54) is 23.5 Å². The second-order valence-electron chi connectivity index (χ2n) is 3.73. The minimum atomic E-state index is -0.232. The highest BCUT2D eigenvalue weighted by atomic mass is 32.1. The Morgan fingerprint density at radius 2 is 2.00 bits per heavy atom. The summed E-state index contributed by atoms with van der Waals surface area (Å²) < 4.78 is 14.5. The normalized spacial score (nSPS) is 11.2. The molecule has 3 aromatic rings. The third kappa shape index (κ3) is 1.91. The Balaban J connectivity index is 1.96. The fraction of sp³-hybridized carbons (Fsp3) is 0.182. The van der Waals surface area contributed by atoms with E-state index >= 15 is 0 Å². The summed E-state index contributed by atoms with van der Waals surface area (Å²) in [7, 11) is 0. The Morgan fingerprint density at radius 3 is 2.76 bits per heavy atom. The van der Waals surface area contributed by atoms with Gasteiger partial charge in [0.15, 0.2) is 5.82 Å². The van der Waals surface area contributed by atoms with Gasteiger partial charge in [0.1, 0.15) is 10.8 Å². The van der Waals surface area contributed by atoms with E-state index in [9.17, 15) is 4.39 Å². The van der Waals surface area contributed by atoms with Crippen LogP contribution in [0.4, 0.5) is 4.39 Å². The first-order valence-corrected chi connectivity index (χ1v) is 5.96. The monoisotopic (exact) mass is 248 g/mol. The molecule has 0 aliphatic carbocycles. The first-order valence-electron chi connectivity index (χ1n) is 5.14. The van der Waals surface area contributed by atoms with Crippen molar-refractivity contribution < 1.29 is 4.39 Å². The molecule has 0 aliphatic rings. The van der Waals surface area contributed by atoms with Gasteiger partial charge in [0.2, 0.25) is 4.96 Å². The lowest BCUT2D eigenvalue weighted by atomic mass is 10.1. The van der Waals surface area contributed by atoms with Crippen LogP contribution in [0.5, 0.6) is 0 Å². The highest BCUT2D eigenvalue weighted by molar-refractivity contribution is 7.16. The summed E-state index contributed by atoms with van der Waals surface area (Å²) in [5, 5.41) is 13.4. The van der Waals surface area contributed by atoms with Gasteiger partial charge in [-0.3, -0.25) is 0 Å². The average molecular weight is 248 g/mol. The molecule has 0 unspecified atom stereocenters. The molecule has 6 heteroatoms. The van der Waals surface area contributed by atoms with E-state index in [2.05, 4.69) is 15.3 Å². The quantitative estimate of drug-likeness (QED) is 0.698. The maximum absolute atomic E-state index is 12.8. The smallest absolute Gasteiger partial charge is 0.207 e. The number of rotatable bonds is 2. The Bertz CT molecular complexity index is 656. The molecule has 1 aromatic carbocycles. The molecule has 0 spiro atoms. The van der Waals surface area contributed by atoms with Gasteiger partial charge in [-0.25, -0.2) is 4.39 Å². The van der Waals surface area contributed by atoms with Gasteiger partial charge in [0.05, 0.1) is 0 Å². The zero-order chi connectivity index (χ0) is 11.8. The zero-order valence-corrected chi connectivity index (χ0v) is 9.91. The summed E-state index contributed by atoms with van der Waals surface area (Å²) in [6, 6.07) is 6.38. The van der Waals surface area contributed by atoms with Crippen LogP contribution in [0.1, 0.15) is 16.4 Å². The van der Waals surface area contributed by atoms with Crippen LogP contribution >= 0.6 is 11.3 Å². The molecule has 0 amide bonds. The van der Waals surface area contributed by atoms with Gasteiger partial charge in [-0.2, -0.15) is 9.61 Å². The maximum atomic E-state index is 12.8. The van der Waals surface area contributed by atoms with E-state index < -0.39 is 0 Å². The van der Waals surface area contributed by atoms with Crippen molar-refractivity contribution in [1.82, 2.24) is 19.8 Å². The largest absolute Gasteiger partial charge is 0.234 e. The van der Waals surface area contributed by atoms with Crippen LogP contribution in [0, 0.1) is 12.7 Å². The first kappa shape index (κ1) is 10.3. The van der Waals surface area contributed by atoms with Crippen molar-refractivity contribution in [3.8, 4) is 0 Å². The second kappa shape index (κ2) is 3.89. The minimum Gasteiger partial charge on any atom is -0.207 e. The van der Waals surface area contributed by atoms with E-state index in [4.69, 9.17) is 0 Å². The molecule has 0 aliphatic heterocycles. The summed E-state index contributed by atoms with van der Waals surface area (Å²) in [4.78, 5) is 0.791. The predicted octanol–water partition coefficient (Wildman–Crippen LogP) is 2.22. The van der Waals surface area contributed by atoms with Crippen LogP contribution in [-0.2, 0) is 6.42 Å². The van der Waals surface area contributed by atoms with Crippen molar-refractivity contribution in [2.24, 2.45) is 0 Å². The Morgan fingerprint density at radius 1 is 1.24 bits per heavy atom. The van der Waals surface area contributed by atoms with Crippen LogP contribution in [0.2, 0.25) is 0 Å². The Hall–Kier alpha value is -1.82. The van der Waals surface area contributed by atoms with E-state index in [1.807, 2.05) is 6.92 Å². The SMILES string of the molecule is Cc1nn2c(Cc3ccc(F)cc3)nnc2s1. The number of benzene rings is 1. The van der Waals surface area contributed by atoms with Crippen molar-refractivity contribution in [2.75, 3.05) is 0 Å². The second-order valence-corrected chi connectivity index (χ2v) is 4.90. The van der Waals surface area contributed by atoms with Crippen molar-refractivity contribution in [3.63, 3.8) is 0 Å². The van der Waals surface area contributed by atoms with Gasteiger partial charge in [0, 0.05) is 6.42 Å². The van der Waals surface area contributed by atoms with Crippen LogP contribution in [0.15, 0.2) is 24.3 Å². The summed E-state index contributed by atoms with van der Waals surface area (Å²) in [6.07, 6.45) is 0.602. The summed E-state index contributed by atoms with van der Waals surface area (Å²) in [5.41, 5.74) is 0.992. The van der Waals surface area contributed by atoms with E-state index in [0.717, 1.165) is 21.4 Å². The summed E-state index contributed by atoms with van der Waals surface area (Å²) >= 11 is 1.50. The number of hydrogen-bond donors (Lipinski definition) is 0. The molecule has 2 aromatic heterocycles. The molecule has 4 nitrogen and oxygen atoms in total. The topological polar surface area (TPSA) is 43.1 Å². The van der Waals surface area contributed by atoms with Crippen molar-refractivity contribution >= 4 is 16.3 Å². The number of halogens is 1. The molecule has 0 saturated carbocycles. The number of aromatic nitrogens is 4. The standard InChI is InChI=1S/C11H9FN4S/c1-7-15-16-10(13-14-11(16)17-7)6-8-2-4-9(12)5-3-8/h2-5H,6H2,1H3. The highest BCUT2D eigenvalue weighted by Crippen LogP contribution is 2.15. The predicted molar refractivity (Wildman–Crippen MR) is 62.6 cm³/mol. The molecule has 0 saturated heterocycles. The van der Waals surface area contributed by atoms with E-state index in [1.54, 1.807) is 16.6 Å². The number of hydrogen-bond acceptors (Lipinski definition) is 4. The van der Waals surface area contributed by atoms with Gasteiger partial charge in [-0.1, -0.05) is 23.5 Å². The molecule has 17 heavy (non-hydrogen) atoms. The lowest BCUT2D eigenvalue weighted by molar-refractivity contribution is 0.627. The van der Waals surface area contributed by atoms with Crippen molar-refractivity contribution in [3.05, 3.63) is 46.5 Å². The molecule has 3 rings (SSSR count). The van der Waals surface area contributed by atoms with Gasteiger partial charge >= 0.3 is 0 Å². The molecule has 0 N–H and O–H groups in total. The van der Waals surface area contributed by atoms with Gasteiger partial charge in [-0.05, 0) is 24.6 Å². The minimum absolute atomic E-state index is 0.232. The van der Waals surface area contributed by atoms with E-state index in [-0.39, 0.29) is 5.82 Å². The fourth-order valence-corrected chi connectivity index (χ4v) is 2.35. The van der Waals surface area contributed by atoms with Gasteiger partial charge in [-0.15, -0.1) is 10.2 Å². The van der Waals surface area contributed by atoms with E-state index in [0.29, 0.717) is 6.42 Å². The van der Waals surface area contributed by atoms with Crippen LogP contribution in [0.25, 0.3) is 4.96 Å². The molecule has 2 heterocycles. The maximum Gasteiger partial charge on any atom is 0.234 e. The zero-order valence-electron chi connectivity index (χ0n) is 9.09. The number of fused-ring (bicyclic) bond motifs is 1. The third-order valence-corrected chi connectivity index (χ3v) is 3.25. The van der Waals surface area contributed by atoms with Crippen molar-refractivity contribution in [2.45, 2.75) is 13.3 Å². The summed E-state index contributed by atoms with van der Waals surface area (Å²) in [6.45, 7) is 1.93. The fourth-order valence-electron chi connectivity index (χ4n) is 1.65. The van der Waals surface area contributed by atoms with Crippen LogP contribution < -0.4 is 0 Å². The lowest BCUT2D eigenvalue weighted by Crippen LogP contribution is -1.97. The Kier molecular flexibility index (Phi) is 2.36. The molecule has 0 fully saturated rings. The number of nitrogens with zero attached hydrogens (tertiary/aromatic N) is 4. The van der Waals surface area contributed by atoms with Crippen LogP contribution in [-0.4, -0.2) is 19.8 Å². The van der Waals surface area contributed by atoms with Gasteiger partial charge < -0.3 is 0 Å². The molecule has 0 radical (unpaired) electrons. The van der Waals surface area contributed by atoms with Crippen LogP contribution in [0.3, 0.4) is 0 Å². The van der Waals surface area contributed by atoms with Crippen molar-refractivity contribution in [1.29, 1.82) is 0 Å². The Labute approximate surface area is 101 Å². The molecule has 0 bridgehead atoms. The first-order chi connectivity index (χ1) is 8.22. The lowest BCUT2D eigenvalue weighted by Gasteiger charge is -1.97. The third-order valence-electron chi connectivity index (χ3n) is 2.43. The molecule has 86 valence electrons. The molecular formula is C11H9FN4S. The number of aryl methyl sites for hydroxylation is 1. The summed E-state index contributed by atoms with van der Waals surface area (Å²) in [5.74, 6) is 0.542.